The molecule has 4 heteroatoms. The standard InChI is InChI=1S/C12H20ClNS2/c1-3-10(11-6-7-12(13)16-11)14-8-4-5-9-15-2/h6-7,10,14H,3-5,8-9H2,1-2H3. The van der Waals surface area contributed by atoms with Gasteiger partial charge in [-0.1, -0.05) is 18.5 Å². The molecule has 0 radical (unpaired) electrons. The van der Waals surface area contributed by atoms with Crippen LogP contribution in [0.15, 0.2) is 12.1 Å². The second-order valence-electron chi connectivity index (χ2n) is 3.76. The van der Waals surface area contributed by atoms with E-state index in [4.69, 9.17) is 11.6 Å². The van der Waals surface area contributed by atoms with Gasteiger partial charge in [0.25, 0.3) is 0 Å². The number of thioether (sulfide) groups is 1. The molecule has 92 valence electrons. The molecule has 0 aliphatic rings. The van der Waals surface area contributed by atoms with Crippen LogP contribution in [0.3, 0.4) is 0 Å². The first kappa shape index (κ1) is 14.4. The van der Waals surface area contributed by atoms with Crippen molar-refractivity contribution in [2.75, 3.05) is 18.6 Å². The minimum Gasteiger partial charge on any atom is -0.309 e. The first-order valence-corrected chi connectivity index (χ1v) is 8.34. The highest BCUT2D eigenvalue weighted by Crippen LogP contribution is 2.28. The van der Waals surface area contributed by atoms with Crippen LogP contribution in [0.5, 0.6) is 0 Å². The van der Waals surface area contributed by atoms with Crippen molar-refractivity contribution in [1.82, 2.24) is 5.32 Å². The van der Waals surface area contributed by atoms with Gasteiger partial charge in [-0.3, -0.25) is 0 Å². The zero-order valence-electron chi connectivity index (χ0n) is 9.96. The number of nitrogens with one attached hydrogen (secondary N) is 1. The van der Waals surface area contributed by atoms with E-state index in [0.717, 1.165) is 17.3 Å². The van der Waals surface area contributed by atoms with Gasteiger partial charge in [-0.05, 0) is 49.9 Å². The number of hydrogen-bond donors (Lipinski definition) is 1. The molecule has 0 spiro atoms. The van der Waals surface area contributed by atoms with Crippen molar-refractivity contribution >= 4 is 34.7 Å². The monoisotopic (exact) mass is 277 g/mol. The van der Waals surface area contributed by atoms with E-state index in [-0.39, 0.29) is 0 Å². The van der Waals surface area contributed by atoms with Gasteiger partial charge in [0.1, 0.15) is 0 Å². The van der Waals surface area contributed by atoms with Gasteiger partial charge in [0.2, 0.25) is 0 Å². The Labute approximate surface area is 112 Å². The van der Waals surface area contributed by atoms with E-state index in [0.29, 0.717) is 6.04 Å². The van der Waals surface area contributed by atoms with Gasteiger partial charge in [0, 0.05) is 10.9 Å². The molecule has 0 saturated carbocycles. The molecule has 0 fully saturated rings. The molecule has 0 aliphatic carbocycles. The fourth-order valence-corrected chi connectivity index (χ4v) is 3.32. The van der Waals surface area contributed by atoms with Crippen LogP contribution in [0.2, 0.25) is 4.34 Å². The molecule has 16 heavy (non-hydrogen) atoms. The summed E-state index contributed by atoms with van der Waals surface area (Å²) in [6.07, 6.45) is 5.85. The fraction of sp³-hybridized carbons (Fsp3) is 0.667. The molecule has 0 saturated heterocycles. The Morgan fingerprint density at radius 1 is 1.44 bits per heavy atom. The molecule has 1 N–H and O–H groups in total. The summed E-state index contributed by atoms with van der Waals surface area (Å²) in [5, 5.41) is 3.60. The summed E-state index contributed by atoms with van der Waals surface area (Å²) < 4.78 is 0.887. The molecule has 1 unspecified atom stereocenters. The summed E-state index contributed by atoms with van der Waals surface area (Å²) in [7, 11) is 0. The predicted molar refractivity (Wildman–Crippen MR) is 78.0 cm³/mol. The highest BCUT2D eigenvalue weighted by molar-refractivity contribution is 7.98. The van der Waals surface area contributed by atoms with E-state index in [1.54, 1.807) is 11.3 Å². The molecule has 1 heterocycles. The Bertz CT molecular complexity index is 288. The van der Waals surface area contributed by atoms with Crippen molar-refractivity contribution in [1.29, 1.82) is 0 Å². The summed E-state index contributed by atoms with van der Waals surface area (Å²) >= 11 is 9.56. The topological polar surface area (TPSA) is 12.0 Å². The third-order valence-electron chi connectivity index (χ3n) is 2.51. The molecule has 0 aliphatic heterocycles. The molecule has 1 nitrogen and oxygen atoms in total. The quantitative estimate of drug-likeness (QED) is 0.698. The fourth-order valence-electron chi connectivity index (χ4n) is 1.61. The lowest BCUT2D eigenvalue weighted by Crippen LogP contribution is -2.21. The predicted octanol–water partition coefficient (Wildman–Crippen LogP) is 4.59. The van der Waals surface area contributed by atoms with Crippen LogP contribution < -0.4 is 5.32 Å². The second kappa shape index (κ2) is 8.40. The average Bonchev–Trinajstić information content (AvgIpc) is 2.70. The maximum Gasteiger partial charge on any atom is 0.0931 e. The Kier molecular flexibility index (Phi) is 7.54. The largest absolute Gasteiger partial charge is 0.309 e. The summed E-state index contributed by atoms with van der Waals surface area (Å²) in [6.45, 7) is 3.32. The Hall–Kier alpha value is 0.300. The van der Waals surface area contributed by atoms with E-state index in [2.05, 4.69) is 24.6 Å². The highest BCUT2D eigenvalue weighted by atomic mass is 35.5. The third-order valence-corrected chi connectivity index (χ3v) is 4.55. The van der Waals surface area contributed by atoms with Gasteiger partial charge in [-0.15, -0.1) is 11.3 Å². The van der Waals surface area contributed by atoms with Crippen LogP contribution in [0, 0.1) is 0 Å². The summed E-state index contributed by atoms with van der Waals surface area (Å²) in [4.78, 5) is 1.36. The average molecular weight is 278 g/mol. The summed E-state index contributed by atoms with van der Waals surface area (Å²) in [5.41, 5.74) is 0. The minimum atomic E-state index is 0.478. The van der Waals surface area contributed by atoms with E-state index < -0.39 is 0 Å². The second-order valence-corrected chi connectivity index (χ2v) is 6.49. The van der Waals surface area contributed by atoms with Gasteiger partial charge >= 0.3 is 0 Å². The molecule has 1 rings (SSSR count). The van der Waals surface area contributed by atoms with Crippen LogP contribution in [0.1, 0.15) is 37.1 Å². The van der Waals surface area contributed by atoms with Gasteiger partial charge in [-0.25, -0.2) is 0 Å². The van der Waals surface area contributed by atoms with Crippen LogP contribution in [-0.4, -0.2) is 18.6 Å². The van der Waals surface area contributed by atoms with Gasteiger partial charge < -0.3 is 5.32 Å². The van der Waals surface area contributed by atoms with Crippen molar-refractivity contribution in [3.05, 3.63) is 21.3 Å². The zero-order chi connectivity index (χ0) is 11.8. The van der Waals surface area contributed by atoms with Crippen LogP contribution in [0.4, 0.5) is 0 Å². The Morgan fingerprint density at radius 3 is 2.81 bits per heavy atom. The Morgan fingerprint density at radius 2 is 2.25 bits per heavy atom. The number of unbranched alkanes of at least 4 members (excludes halogenated alkanes) is 1. The van der Waals surface area contributed by atoms with E-state index in [9.17, 15) is 0 Å². The normalized spacial score (nSPS) is 12.9. The van der Waals surface area contributed by atoms with Gasteiger partial charge in [0.05, 0.1) is 4.34 Å². The van der Waals surface area contributed by atoms with Crippen molar-refractivity contribution in [3.8, 4) is 0 Å². The van der Waals surface area contributed by atoms with E-state index in [1.807, 2.05) is 17.8 Å². The van der Waals surface area contributed by atoms with Gasteiger partial charge in [0.15, 0.2) is 0 Å². The van der Waals surface area contributed by atoms with E-state index >= 15 is 0 Å². The van der Waals surface area contributed by atoms with Crippen molar-refractivity contribution in [2.45, 2.75) is 32.2 Å². The maximum atomic E-state index is 5.95. The van der Waals surface area contributed by atoms with Crippen molar-refractivity contribution in [3.63, 3.8) is 0 Å². The molecular formula is C12H20ClNS2. The van der Waals surface area contributed by atoms with Crippen molar-refractivity contribution in [2.24, 2.45) is 0 Å². The zero-order valence-corrected chi connectivity index (χ0v) is 12.4. The first-order valence-electron chi connectivity index (χ1n) is 5.75. The number of rotatable bonds is 8. The molecule has 1 aromatic rings. The van der Waals surface area contributed by atoms with Crippen molar-refractivity contribution < 1.29 is 0 Å². The van der Waals surface area contributed by atoms with Crippen LogP contribution in [0.25, 0.3) is 0 Å². The molecule has 0 aromatic carbocycles. The molecule has 0 amide bonds. The maximum absolute atomic E-state index is 5.95. The van der Waals surface area contributed by atoms with E-state index in [1.165, 1.54) is 23.5 Å². The summed E-state index contributed by atoms with van der Waals surface area (Å²) in [5.74, 6) is 1.27. The molecule has 1 atom stereocenters. The Balaban J connectivity index is 2.27. The molecule has 1 aromatic heterocycles. The molecular weight excluding hydrogens is 258 g/mol. The van der Waals surface area contributed by atoms with Crippen LogP contribution >= 0.6 is 34.7 Å². The smallest absolute Gasteiger partial charge is 0.0931 e. The lowest BCUT2D eigenvalue weighted by atomic mass is 10.2. The first-order chi connectivity index (χ1) is 7.77. The summed E-state index contributed by atoms with van der Waals surface area (Å²) in [6, 6.07) is 4.60. The lowest BCUT2D eigenvalue weighted by molar-refractivity contribution is 0.515. The number of halogens is 1. The molecule has 0 bridgehead atoms. The number of thiophene rings is 1. The van der Waals surface area contributed by atoms with Gasteiger partial charge in [-0.2, -0.15) is 11.8 Å². The highest BCUT2D eigenvalue weighted by Gasteiger charge is 2.10. The minimum absolute atomic E-state index is 0.478. The third kappa shape index (κ3) is 5.09. The number of hydrogen-bond acceptors (Lipinski definition) is 3. The SMILES string of the molecule is CCC(NCCCCSC)c1ccc(Cl)s1. The van der Waals surface area contributed by atoms with Crippen LogP contribution in [-0.2, 0) is 0 Å². The lowest BCUT2D eigenvalue weighted by Gasteiger charge is -2.15.